The van der Waals surface area contributed by atoms with E-state index in [1.54, 1.807) is 42.2 Å². The summed E-state index contributed by atoms with van der Waals surface area (Å²) in [6.07, 6.45) is 3.48. The van der Waals surface area contributed by atoms with Crippen molar-refractivity contribution < 1.29 is 13.2 Å². The first-order valence-electron chi connectivity index (χ1n) is 10.3. The summed E-state index contributed by atoms with van der Waals surface area (Å²) in [6.45, 7) is 1.80. The van der Waals surface area contributed by atoms with Crippen molar-refractivity contribution in [3.63, 3.8) is 0 Å². The third kappa shape index (κ3) is 5.11. The third-order valence-electron chi connectivity index (χ3n) is 4.87. The van der Waals surface area contributed by atoms with Crippen LogP contribution in [0.2, 0.25) is 0 Å². The average Bonchev–Trinajstić information content (AvgIpc) is 3.35. The van der Waals surface area contributed by atoms with Crippen molar-refractivity contribution in [2.45, 2.75) is 11.8 Å². The summed E-state index contributed by atoms with van der Waals surface area (Å²) in [5.41, 5.74) is 1.72. The number of aryl methyl sites for hydroxylation is 1. The molecule has 2 N–H and O–H groups in total. The first kappa shape index (κ1) is 23.1. The Morgan fingerprint density at radius 3 is 2.26 bits per heavy atom. The summed E-state index contributed by atoms with van der Waals surface area (Å²) in [7, 11) is -0.632. The van der Waals surface area contributed by atoms with Gasteiger partial charge in [0.05, 0.1) is 4.90 Å². The van der Waals surface area contributed by atoms with Gasteiger partial charge in [-0.25, -0.2) is 27.4 Å². The van der Waals surface area contributed by atoms with Gasteiger partial charge < -0.3 is 10.6 Å². The molecule has 0 aliphatic heterocycles. The second kappa shape index (κ2) is 9.41. The largest absolute Gasteiger partial charge is 0.340 e. The van der Waals surface area contributed by atoms with E-state index in [1.165, 1.54) is 38.4 Å². The Morgan fingerprint density at radius 1 is 0.971 bits per heavy atom. The second-order valence-corrected chi connectivity index (χ2v) is 9.73. The molecule has 1 amide bonds. The van der Waals surface area contributed by atoms with Crippen LogP contribution in [0, 0.1) is 6.92 Å². The number of benzene rings is 2. The van der Waals surface area contributed by atoms with E-state index in [9.17, 15) is 13.2 Å². The predicted octanol–water partition coefficient (Wildman–Crippen LogP) is 3.22. The van der Waals surface area contributed by atoms with E-state index < -0.39 is 10.0 Å². The zero-order valence-corrected chi connectivity index (χ0v) is 19.6. The van der Waals surface area contributed by atoms with Crippen molar-refractivity contribution in [2.75, 3.05) is 24.7 Å². The standard InChI is InChI=1S/C23H23N7O3S/c1-16-25-21(15-22(26-16)30-14-4-13-24-30)27-18-7-9-19(10-8-18)28-23(31)17-5-11-20(12-6-17)34(32,33)29(2)3/h4-15H,1-3H3,(H,28,31)(H,25,26,27). The fourth-order valence-electron chi connectivity index (χ4n) is 3.11. The van der Waals surface area contributed by atoms with Gasteiger partial charge in [-0.3, -0.25) is 4.79 Å². The van der Waals surface area contributed by atoms with Crippen molar-refractivity contribution in [1.82, 2.24) is 24.1 Å². The summed E-state index contributed by atoms with van der Waals surface area (Å²) in [5.74, 6) is 1.52. The number of rotatable bonds is 7. The van der Waals surface area contributed by atoms with Crippen molar-refractivity contribution in [3.05, 3.63) is 84.4 Å². The highest BCUT2D eigenvalue weighted by molar-refractivity contribution is 7.89. The molecule has 0 saturated heterocycles. The highest BCUT2D eigenvalue weighted by Gasteiger charge is 2.17. The molecule has 0 aliphatic rings. The van der Waals surface area contributed by atoms with Crippen LogP contribution in [-0.2, 0) is 10.0 Å². The number of hydrogen-bond donors (Lipinski definition) is 2. The average molecular weight is 478 g/mol. The van der Waals surface area contributed by atoms with E-state index in [1.807, 2.05) is 18.2 Å². The van der Waals surface area contributed by atoms with Crippen molar-refractivity contribution >= 4 is 33.1 Å². The summed E-state index contributed by atoms with van der Waals surface area (Å²) in [6, 6.07) is 16.5. The predicted molar refractivity (Wildman–Crippen MR) is 129 cm³/mol. The number of amides is 1. The molecule has 34 heavy (non-hydrogen) atoms. The molecule has 4 aromatic rings. The Kier molecular flexibility index (Phi) is 6.39. The van der Waals surface area contributed by atoms with Crippen molar-refractivity contribution in [2.24, 2.45) is 0 Å². The maximum atomic E-state index is 12.6. The Bertz CT molecular complexity index is 1400. The Labute approximate surface area is 197 Å². The van der Waals surface area contributed by atoms with Gasteiger partial charge in [0.15, 0.2) is 5.82 Å². The topological polar surface area (TPSA) is 122 Å². The summed E-state index contributed by atoms with van der Waals surface area (Å²) < 4.78 is 27.1. The molecule has 2 heterocycles. The number of anilines is 3. The van der Waals surface area contributed by atoms with E-state index in [2.05, 4.69) is 25.7 Å². The number of aromatic nitrogens is 4. The maximum absolute atomic E-state index is 12.6. The second-order valence-electron chi connectivity index (χ2n) is 7.58. The summed E-state index contributed by atoms with van der Waals surface area (Å²) in [5, 5.41) is 10.2. The van der Waals surface area contributed by atoms with E-state index in [4.69, 9.17) is 0 Å². The fourth-order valence-corrected chi connectivity index (χ4v) is 4.02. The SMILES string of the molecule is Cc1nc(Nc2ccc(NC(=O)c3ccc(S(=O)(=O)N(C)C)cc3)cc2)cc(-n2cccn2)n1. The van der Waals surface area contributed by atoms with Gasteiger partial charge in [-0.2, -0.15) is 5.10 Å². The van der Waals surface area contributed by atoms with E-state index >= 15 is 0 Å². The maximum Gasteiger partial charge on any atom is 0.255 e. The van der Waals surface area contributed by atoms with Crippen molar-refractivity contribution in [3.8, 4) is 5.82 Å². The lowest BCUT2D eigenvalue weighted by Gasteiger charge is -2.12. The lowest BCUT2D eigenvalue weighted by atomic mass is 10.2. The highest BCUT2D eigenvalue weighted by Crippen LogP contribution is 2.20. The minimum absolute atomic E-state index is 0.125. The van der Waals surface area contributed by atoms with E-state index in [0.717, 1.165) is 9.99 Å². The molecule has 0 fully saturated rings. The number of carbonyl (C=O) groups excluding carboxylic acids is 1. The van der Waals surface area contributed by atoms with Gasteiger partial charge in [-0.1, -0.05) is 0 Å². The number of nitrogens with one attached hydrogen (secondary N) is 2. The number of sulfonamides is 1. The van der Waals surface area contributed by atoms with Crippen molar-refractivity contribution in [1.29, 1.82) is 0 Å². The molecule has 0 spiro atoms. The lowest BCUT2D eigenvalue weighted by Crippen LogP contribution is -2.22. The molecule has 0 radical (unpaired) electrons. The normalized spacial score (nSPS) is 11.4. The van der Waals surface area contributed by atoms with Gasteiger partial charge in [-0.05, 0) is 61.5 Å². The Balaban J connectivity index is 1.43. The van der Waals surface area contributed by atoms with Gasteiger partial charge in [-0.15, -0.1) is 0 Å². The van der Waals surface area contributed by atoms with Crippen LogP contribution >= 0.6 is 0 Å². The molecule has 0 atom stereocenters. The van der Waals surface area contributed by atoms with Crippen LogP contribution < -0.4 is 10.6 Å². The molecule has 2 aromatic heterocycles. The molecule has 10 nitrogen and oxygen atoms in total. The molecular formula is C23H23N7O3S. The van der Waals surface area contributed by atoms with E-state index in [0.29, 0.717) is 28.7 Å². The molecule has 174 valence electrons. The van der Waals surface area contributed by atoms with Crippen LogP contribution in [0.3, 0.4) is 0 Å². The van der Waals surface area contributed by atoms with Crippen LogP contribution in [0.25, 0.3) is 5.82 Å². The van der Waals surface area contributed by atoms with Gasteiger partial charge in [0.1, 0.15) is 11.6 Å². The van der Waals surface area contributed by atoms with Gasteiger partial charge >= 0.3 is 0 Å². The molecule has 0 unspecified atom stereocenters. The zero-order valence-electron chi connectivity index (χ0n) is 18.8. The highest BCUT2D eigenvalue weighted by atomic mass is 32.2. The fraction of sp³-hybridized carbons (Fsp3) is 0.130. The van der Waals surface area contributed by atoms with E-state index in [-0.39, 0.29) is 10.8 Å². The number of hydrogen-bond acceptors (Lipinski definition) is 7. The lowest BCUT2D eigenvalue weighted by molar-refractivity contribution is 0.102. The minimum Gasteiger partial charge on any atom is -0.340 e. The van der Waals surface area contributed by atoms with Crippen LogP contribution in [0.4, 0.5) is 17.2 Å². The molecule has 0 saturated carbocycles. The first-order valence-corrected chi connectivity index (χ1v) is 11.7. The smallest absolute Gasteiger partial charge is 0.255 e. The monoisotopic (exact) mass is 477 g/mol. The zero-order chi connectivity index (χ0) is 24.3. The van der Waals surface area contributed by atoms with Crippen LogP contribution in [0.5, 0.6) is 0 Å². The minimum atomic E-state index is -3.55. The Morgan fingerprint density at radius 2 is 1.65 bits per heavy atom. The molecule has 2 aromatic carbocycles. The van der Waals surface area contributed by atoms with Crippen LogP contribution in [-0.4, -0.2) is 52.5 Å². The van der Waals surface area contributed by atoms with Gasteiger partial charge in [0.25, 0.3) is 5.91 Å². The summed E-state index contributed by atoms with van der Waals surface area (Å²) >= 11 is 0. The number of carbonyl (C=O) groups is 1. The molecule has 11 heteroatoms. The molecule has 0 bridgehead atoms. The molecule has 4 rings (SSSR count). The van der Waals surface area contributed by atoms with Crippen LogP contribution in [0.1, 0.15) is 16.2 Å². The van der Waals surface area contributed by atoms with Crippen LogP contribution in [0.15, 0.2) is 78.0 Å². The summed E-state index contributed by atoms with van der Waals surface area (Å²) in [4.78, 5) is 21.5. The Hall–Kier alpha value is -4.09. The van der Waals surface area contributed by atoms with Gasteiger partial charge in [0.2, 0.25) is 10.0 Å². The van der Waals surface area contributed by atoms with Gasteiger partial charge in [0, 0.05) is 49.5 Å². The molecule has 0 aliphatic carbocycles. The first-order chi connectivity index (χ1) is 16.2. The quantitative estimate of drug-likeness (QED) is 0.419. The molecular weight excluding hydrogens is 454 g/mol. The third-order valence-corrected chi connectivity index (χ3v) is 6.70. The number of nitrogens with zero attached hydrogens (tertiary/aromatic N) is 5.